The third-order valence-electron chi connectivity index (χ3n) is 11.4. The zero-order valence-electron chi connectivity index (χ0n) is 32.7. The van der Waals surface area contributed by atoms with Crippen LogP contribution in [0.25, 0.3) is 22.3 Å². The molecule has 0 radical (unpaired) electrons. The molecule has 3 aromatic heterocycles. The number of nitrogens with zero attached hydrogens (tertiary/aromatic N) is 4. The number of hydrogen-bond acceptors (Lipinski definition) is 12. The molecule has 58 heavy (non-hydrogen) atoms. The van der Waals surface area contributed by atoms with Crippen molar-refractivity contribution < 1.29 is 37.1 Å². The van der Waals surface area contributed by atoms with Crippen LogP contribution in [0.2, 0.25) is 0 Å². The Morgan fingerprint density at radius 1 is 1.07 bits per heavy atom. The van der Waals surface area contributed by atoms with E-state index in [1.54, 1.807) is 27.0 Å². The number of amides is 4. The Bertz CT molecular complexity index is 2190. The number of aromatic nitrogens is 2. The molecule has 2 saturated heterocycles. The van der Waals surface area contributed by atoms with Crippen LogP contribution in [-0.4, -0.2) is 108 Å². The van der Waals surface area contributed by atoms with Crippen molar-refractivity contribution >= 4 is 56.7 Å². The van der Waals surface area contributed by atoms with Crippen molar-refractivity contribution in [2.75, 3.05) is 32.8 Å². The summed E-state index contributed by atoms with van der Waals surface area (Å²) in [4.78, 5) is 72.2. The number of nitrogens with one attached hydrogen (secondary N) is 3. The molecule has 312 valence electrons. The highest BCUT2D eigenvalue weighted by Gasteiger charge is 2.62. The Morgan fingerprint density at radius 3 is 2.34 bits per heavy atom. The molecule has 3 N–H and O–H groups in total. The maximum Gasteiger partial charge on any atom is 0.408 e. The van der Waals surface area contributed by atoms with Gasteiger partial charge in [-0.1, -0.05) is 26.8 Å². The summed E-state index contributed by atoms with van der Waals surface area (Å²) in [6.45, 7) is 9.46. The predicted molar refractivity (Wildman–Crippen MR) is 218 cm³/mol. The molecule has 2 aliphatic heterocycles. The standard InChI is InChI=1S/C39H49N7O9S3/c1-5-26-19-39(26,36(50)43-58(52,53)44-12-14-54-15-13-44)42-33(47)30-18-27(21-45(30)35(49)32(38(2,3)4)41-37(51)55-28-8-6-7-9-28)46-34(48)31(25-11-17-57-23-25)29(20-40-46)24-10-16-56-22-24/h5,10-11,16-17,20,22-23,26-28,30,32H,1,6-9,12-15,18-19,21H2,2-4H3,(H,41,51)(H,42,47)(H,43,50)/t26-,27-,30+,32-,39+/m1/s1. The molecule has 4 fully saturated rings. The highest BCUT2D eigenvalue weighted by Crippen LogP contribution is 2.45. The molecule has 0 bridgehead atoms. The first-order valence-corrected chi connectivity index (χ1v) is 22.7. The summed E-state index contributed by atoms with van der Waals surface area (Å²) in [5.74, 6) is -2.87. The zero-order chi connectivity index (χ0) is 41.4. The van der Waals surface area contributed by atoms with Gasteiger partial charge < -0.3 is 25.0 Å². The molecule has 3 aromatic rings. The van der Waals surface area contributed by atoms with E-state index in [2.05, 4.69) is 27.0 Å². The number of morpholine rings is 1. The molecule has 5 atom stereocenters. The molecule has 16 nitrogen and oxygen atoms in total. The van der Waals surface area contributed by atoms with E-state index in [0.717, 1.165) is 35.6 Å². The van der Waals surface area contributed by atoms with Crippen molar-refractivity contribution in [1.29, 1.82) is 0 Å². The van der Waals surface area contributed by atoms with Crippen molar-refractivity contribution in [2.24, 2.45) is 11.3 Å². The molecule has 7 rings (SSSR count). The molecule has 0 spiro atoms. The van der Waals surface area contributed by atoms with Crippen molar-refractivity contribution in [2.45, 2.75) is 89.1 Å². The summed E-state index contributed by atoms with van der Waals surface area (Å²) < 4.78 is 41.9. The van der Waals surface area contributed by atoms with Crippen molar-refractivity contribution in [3.63, 3.8) is 0 Å². The Balaban J connectivity index is 1.21. The van der Waals surface area contributed by atoms with Gasteiger partial charge in [0.2, 0.25) is 11.8 Å². The second-order valence-electron chi connectivity index (χ2n) is 16.3. The van der Waals surface area contributed by atoms with Crippen LogP contribution < -0.4 is 20.9 Å². The fraction of sp³-hybridized carbons (Fsp3) is 0.538. The second kappa shape index (κ2) is 16.7. The lowest BCUT2D eigenvalue weighted by atomic mass is 9.85. The predicted octanol–water partition coefficient (Wildman–Crippen LogP) is 3.68. The molecular formula is C39H49N7O9S3. The smallest absolute Gasteiger partial charge is 0.408 e. The van der Waals surface area contributed by atoms with Crippen molar-refractivity contribution in [1.82, 2.24) is 34.3 Å². The fourth-order valence-corrected chi connectivity index (χ4v) is 10.5. The van der Waals surface area contributed by atoms with Crippen LogP contribution in [-0.2, 0) is 34.1 Å². The number of carbonyl (C=O) groups excluding carboxylic acids is 4. The van der Waals surface area contributed by atoms with Crippen LogP contribution in [0.5, 0.6) is 0 Å². The monoisotopic (exact) mass is 855 g/mol. The van der Waals surface area contributed by atoms with Crippen LogP contribution >= 0.6 is 22.7 Å². The maximum absolute atomic E-state index is 14.8. The van der Waals surface area contributed by atoms with E-state index in [1.165, 1.54) is 38.3 Å². The van der Waals surface area contributed by atoms with Crippen LogP contribution in [0, 0.1) is 11.3 Å². The molecule has 2 saturated carbocycles. The zero-order valence-corrected chi connectivity index (χ0v) is 35.1. The minimum atomic E-state index is -4.27. The van der Waals surface area contributed by atoms with E-state index in [4.69, 9.17) is 9.47 Å². The lowest BCUT2D eigenvalue weighted by Gasteiger charge is -2.35. The molecule has 5 heterocycles. The van der Waals surface area contributed by atoms with Gasteiger partial charge in [0.15, 0.2) is 0 Å². The van der Waals surface area contributed by atoms with E-state index in [0.29, 0.717) is 16.7 Å². The van der Waals surface area contributed by atoms with E-state index < -0.39 is 74.6 Å². The van der Waals surface area contributed by atoms with Gasteiger partial charge in [-0.25, -0.2) is 14.2 Å². The van der Waals surface area contributed by atoms with Gasteiger partial charge in [-0.15, -0.1) is 6.58 Å². The molecule has 2 aliphatic carbocycles. The highest BCUT2D eigenvalue weighted by atomic mass is 32.2. The van der Waals surface area contributed by atoms with Crippen LogP contribution in [0.4, 0.5) is 4.79 Å². The number of likely N-dealkylation sites (tertiary alicyclic amines) is 1. The number of rotatable bonds is 12. The first-order valence-electron chi connectivity index (χ1n) is 19.4. The summed E-state index contributed by atoms with van der Waals surface area (Å²) in [5.41, 5.74) is -0.336. The van der Waals surface area contributed by atoms with Gasteiger partial charge in [0.25, 0.3) is 11.5 Å². The van der Waals surface area contributed by atoms with Gasteiger partial charge >= 0.3 is 16.3 Å². The first-order chi connectivity index (χ1) is 27.6. The van der Waals surface area contributed by atoms with Gasteiger partial charge in [0.05, 0.1) is 31.0 Å². The summed E-state index contributed by atoms with van der Waals surface area (Å²) in [6, 6.07) is 0.550. The van der Waals surface area contributed by atoms with Crippen LogP contribution in [0.3, 0.4) is 0 Å². The Labute approximate surface area is 345 Å². The van der Waals surface area contributed by atoms with Gasteiger partial charge in [-0.3, -0.25) is 19.2 Å². The van der Waals surface area contributed by atoms with E-state index in [-0.39, 0.29) is 51.8 Å². The fourth-order valence-electron chi connectivity index (χ4n) is 8.05. The summed E-state index contributed by atoms with van der Waals surface area (Å²) in [7, 11) is -4.27. The number of ether oxygens (including phenoxy) is 2. The Hall–Kier alpha value is -4.43. The SMILES string of the molecule is C=C[C@@H]1C[C@@]1(NC(=O)[C@@H]1C[C@@H](n2ncc(-c3ccsc3)c(-c3ccsc3)c2=O)CN1C(=O)[C@@H](NC(=O)OC1CCCC1)C(C)(C)C)C(=O)NS(=O)(=O)N1CCOCC1. The molecule has 4 amide bonds. The largest absolute Gasteiger partial charge is 0.446 e. The van der Waals surface area contributed by atoms with Crippen LogP contribution in [0.15, 0.2) is 57.3 Å². The van der Waals surface area contributed by atoms with Gasteiger partial charge in [-0.05, 0) is 82.3 Å². The molecule has 0 unspecified atom stereocenters. The number of thiophene rings is 2. The third-order valence-corrected chi connectivity index (χ3v) is 14.2. The van der Waals surface area contributed by atoms with Crippen LogP contribution in [0.1, 0.15) is 65.3 Å². The van der Waals surface area contributed by atoms with Gasteiger partial charge in [-0.2, -0.15) is 40.5 Å². The quantitative estimate of drug-likeness (QED) is 0.226. The number of alkyl carbamates (subject to hydrolysis) is 1. The van der Waals surface area contributed by atoms with E-state index in [1.807, 2.05) is 33.7 Å². The molecule has 19 heteroatoms. The summed E-state index contributed by atoms with van der Waals surface area (Å²) in [5, 5.41) is 17.7. The minimum absolute atomic E-state index is 0.0559. The lowest BCUT2D eigenvalue weighted by molar-refractivity contribution is -0.142. The third kappa shape index (κ3) is 8.50. The van der Waals surface area contributed by atoms with Crippen molar-refractivity contribution in [3.05, 3.63) is 62.9 Å². The average Bonchev–Trinajstić information content (AvgIpc) is 3.87. The normalized spacial score (nSPS) is 24.5. The minimum Gasteiger partial charge on any atom is -0.446 e. The lowest BCUT2D eigenvalue weighted by Crippen LogP contribution is -2.60. The van der Waals surface area contributed by atoms with Gasteiger partial charge in [0, 0.05) is 37.5 Å². The topological polar surface area (TPSA) is 198 Å². The maximum atomic E-state index is 14.8. The summed E-state index contributed by atoms with van der Waals surface area (Å²) in [6.07, 6.45) is 5.41. The molecule has 0 aromatic carbocycles. The van der Waals surface area contributed by atoms with Gasteiger partial charge in [0.1, 0.15) is 23.7 Å². The molecule has 4 aliphatic rings. The van der Waals surface area contributed by atoms with E-state index >= 15 is 0 Å². The Kier molecular flexibility index (Phi) is 12.0. The van der Waals surface area contributed by atoms with E-state index in [9.17, 15) is 32.4 Å². The molecular weight excluding hydrogens is 807 g/mol. The Morgan fingerprint density at radius 2 is 1.74 bits per heavy atom. The average molecular weight is 856 g/mol. The van der Waals surface area contributed by atoms with Crippen molar-refractivity contribution in [3.8, 4) is 22.3 Å². The second-order valence-corrected chi connectivity index (χ2v) is 19.5. The number of carbonyl (C=O) groups is 4. The number of hydrogen-bond donors (Lipinski definition) is 3. The summed E-state index contributed by atoms with van der Waals surface area (Å²) >= 11 is 2.93. The first kappa shape index (κ1) is 41.7. The highest BCUT2D eigenvalue weighted by molar-refractivity contribution is 7.87.